The Morgan fingerprint density at radius 3 is 2.30 bits per heavy atom. The minimum atomic E-state index is -3.44. The lowest BCUT2D eigenvalue weighted by Gasteiger charge is -2.41. The van der Waals surface area contributed by atoms with E-state index < -0.39 is 28.4 Å². The third-order valence-corrected chi connectivity index (χ3v) is 8.73. The molecule has 5 rings (SSSR count). The number of carbonyl (C=O) groups excluding carboxylic acids is 1. The van der Waals surface area contributed by atoms with Gasteiger partial charge in [0, 0.05) is 63.4 Å². The maximum atomic E-state index is 13.5. The zero-order valence-electron chi connectivity index (χ0n) is 21.4. The number of aromatic nitrogens is 1. The van der Waals surface area contributed by atoms with Gasteiger partial charge in [0.05, 0.1) is 5.69 Å². The molecule has 3 heterocycles. The zero-order chi connectivity index (χ0) is 26.8. The summed E-state index contributed by atoms with van der Waals surface area (Å²) in [6.07, 6.45) is -0.539. The van der Waals surface area contributed by atoms with Gasteiger partial charge in [0.2, 0.25) is 0 Å². The average molecular weight is 538 g/mol. The largest absolute Gasteiger partial charge is 0.444 e. The molecule has 1 atom stereocenters. The number of hydrogen-bond donors (Lipinski definition) is 2. The second-order valence-corrected chi connectivity index (χ2v) is 12.7. The average Bonchev–Trinajstić information content (AvgIpc) is 3.40. The zero-order valence-corrected chi connectivity index (χ0v) is 22.2. The smallest absolute Gasteiger partial charge is 0.410 e. The normalized spacial score (nSPS) is 23.1. The molecule has 2 aliphatic heterocycles. The van der Waals surface area contributed by atoms with Gasteiger partial charge in [0.15, 0.2) is 5.82 Å². The van der Waals surface area contributed by atoms with Gasteiger partial charge in [-0.15, -0.1) is 0 Å². The summed E-state index contributed by atoms with van der Waals surface area (Å²) in [5.41, 5.74) is 2.42. The molecule has 2 N–H and O–H groups in total. The van der Waals surface area contributed by atoms with Crippen molar-refractivity contribution in [3.8, 4) is 11.3 Å². The first-order valence-corrected chi connectivity index (χ1v) is 13.7. The monoisotopic (exact) mass is 537 g/mol. The van der Waals surface area contributed by atoms with Crippen LogP contribution in [0, 0.1) is 5.92 Å². The minimum absolute atomic E-state index is 0.135. The highest BCUT2D eigenvalue weighted by Gasteiger charge is 2.59. The summed E-state index contributed by atoms with van der Waals surface area (Å²) < 4.78 is 56.4. The van der Waals surface area contributed by atoms with Gasteiger partial charge in [-0.05, 0) is 56.0 Å². The number of alkyl halides is 2. The minimum Gasteiger partial charge on any atom is -0.444 e. The van der Waals surface area contributed by atoms with Crippen LogP contribution < -0.4 is 13.5 Å². The van der Waals surface area contributed by atoms with Gasteiger partial charge in [-0.25, -0.2) is 27.2 Å². The maximum Gasteiger partial charge on any atom is 0.410 e. The molecule has 0 spiro atoms. The lowest BCUT2D eigenvalue weighted by molar-refractivity contribution is 0.0240. The molecular formula is C25H33F2N5O4S. The molecule has 202 valence electrons. The SMILES string of the molecule is CN1c2nc(-c3ccc(N4CCN(C(=O)OC(C)(C)C)CC4)cc3)ccc2N(CC2CC2(F)F)S1(O)O. The third-order valence-electron chi connectivity index (χ3n) is 6.89. The maximum absolute atomic E-state index is 13.5. The van der Waals surface area contributed by atoms with Crippen LogP contribution in [0.15, 0.2) is 36.4 Å². The molecule has 2 fully saturated rings. The first-order chi connectivity index (χ1) is 17.3. The Balaban J connectivity index is 1.27. The van der Waals surface area contributed by atoms with Crippen molar-refractivity contribution in [3.63, 3.8) is 0 Å². The van der Waals surface area contributed by atoms with Crippen molar-refractivity contribution >= 4 is 34.2 Å². The summed E-state index contributed by atoms with van der Waals surface area (Å²) in [5, 5.41) is 0. The van der Waals surface area contributed by atoms with E-state index in [4.69, 9.17) is 4.74 Å². The highest BCUT2D eigenvalue weighted by atomic mass is 32.3. The van der Waals surface area contributed by atoms with E-state index in [9.17, 15) is 22.7 Å². The number of ether oxygens (including phenoxy) is 1. The fourth-order valence-electron chi connectivity index (χ4n) is 4.61. The van der Waals surface area contributed by atoms with E-state index in [0.29, 0.717) is 43.4 Å². The molecule has 1 aliphatic carbocycles. The van der Waals surface area contributed by atoms with Crippen molar-refractivity contribution in [1.29, 1.82) is 0 Å². The van der Waals surface area contributed by atoms with E-state index in [0.717, 1.165) is 11.3 Å². The quantitative estimate of drug-likeness (QED) is 0.543. The number of hydrogen-bond acceptors (Lipinski definition) is 8. The fourth-order valence-corrected chi connectivity index (χ4v) is 6.06. The number of rotatable bonds is 4. The van der Waals surface area contributed by atoms with Crippen LogP contribution in [0.2, 0.25) is 0 Å². The Bertz CT molecular complexity index is 1180. The molecule has 1 amide bonds. The number of nitrogens with zero attached hydrogens (tertiary/aromatic N) is 5. The summed E-state index contributed by atoms with van der Waals surface area (Å²) in [4.78, 5) is 20.9. The molecule has 0 radical (unpaired) electrons. The summed E-state index contributed by atoms with van der Waals surface area (Å²) >= 11 is 0. The molecule has 1 saturated carbocycles. The fraction of sp³-hybridized carbons (Fsp3) is 0.520. The predicted molar refractivity (Wildman–Crippen MR) is 141 cm³/mol. The van der Waals surface area contributed by atoms with Crippen LogP contribution in [0.3, 0.4) is 0 Å². The van der Waals surface area contributed by atoms with E-state index in [1.807, 2.05) is 45.0 Å². The molecule has 2 aromatic rings. The van der Waals surface area contributed by atoms with Crippen LogP contribution in [0.1, 0.15) is 27.2 Å². The van der Waals surface area contributed by atoms with Gasteiger partial charge in [0.1, 0.15) is 11.3 Å². The predicted octanol–water partition coefficient (Wildman–Crippen LogP) is 5.30. The van der Waals surface area contributed by atoms with Crippen LogP contribution in [-0.4, -0.2) is 76.4 Å². The van der Waals surface area contributed by atoms with Gasteiger partial charge in [-0.3, -0.25) is 9.11 Å². The second kappa shape index (κ2) is 8.88. The summed E-state index contributed by atoms with van der Waals surface area (Å²) in [7, 11) is -1.93. The second-order valence-electron chi connectivity index (χ2n) is 10.8. The molecule has 1 aromatic heterocycles. The first kappa shape index (κ1) is 25.8. The van der Waals surface area contributed by atoms with Gasteiger partial charge >= 0.3 is 6.09 Å². The van der Waals surface area contributed by atoms with Crippen LogP contribution in [0.25, 0.3) is 11.3 Å². The van der Waals surface area contributed by atoms with E-state index in [1.165, 1.54) is 15.7 Å². The standard InChI is InChI=1S/C25H33F2N5O4S/c1-24(2,3)36-23(33)31-13-11-30(12-14-31)19-7-5-17(6-8-19)20-9-10-21-22(28-20)29(4)37(34,35)32(21)16-18-15-25(18,26)27/h5-10,18,34-35H,11-16H2,1-4H3. The van der Waals surface area contributed by atoms with Crippen molar-refractivity contribution < 1.29 is 27.4 Å². The number of amides is 1. The molecule has 12 heteroatoms. The van der Waals surface area contributed by atoms with Gasteiger partial charge in [0.25, 0.3) is 5.92 Å². The van der Waals surface area contributed by atoms with E-state index in [2.05, 4.69) is 9.88 Å². The lowest BCUT2D eigenvalue weighted by Crippen LogP contribution is -2.50. The first-order valence-electron chi connectivity index (χ1n) is 12.3. The topological polar surface area (TPSA) is 92.6 Å². The Labute approximate surface area is 217 Å². The molecule has 0 bridgehead atoms. The molecule has 1 unspecified atom stereocenters. The van der Waals surface area contributed by atoms with Crippen LogP contribution in [0.5, 0.6) is 0 Å². The Morgan fingerprint density at radius 2 is 1.73 bits per heavy atom. The van der Waals surface area contributed by atoms with Crippen molar-refractivity contribution in [2.45, 2.75) is 38.7 Å². The summed E-state index contributed by atoms with van der Waals surface area (Å²) in [5.74, 6) is -3.30. The lowest BCUT2D eigenvalue weighted by atomic mass is 10.1. The van der Waals surface area contributed by atoms with E-state index in [1.54, 1.807) is 17.0 Å². The summed E-state index contributed by atoms with van der Waals surface area (Å²) in [6, 6.07) is 11.3. The molecule has 1 aromatic carbocycles. The van der Waals surface area contributed by atoms with Crippen LogP contribution in [0.4, 0.5) is 30.8 Å². The highest BCUT2D eigenvalue weighted by Crippen LogP contribution is 2.62. The summed E-state index contributed by atoms with van der Waals surface area (Å²) in [6.45, 7) is 7.95. The number of carbonyl (C=O) groups is 1. The molecular weight excluding hydrogens is 504 g/mol. The Kier molecular flexibility index (Phi) is 6.19. The van der Waals surface area contributed by atoms with Crippen LogP contribution >= 0.6 is 11.0 Å². The van der Waals surface area contributed by atoms with Crippen molar-refractivity contribution in [1.82, 2.24) is 9.88 Å². The van der Waals surface area contributed by atoms with E-state index in [-0.39, 0.29) is 19.1 Å². The molecule has 3 aliphatic rings. The highest BCUT2D eigenvalue weighted by molar-refractivity contribution is 8.26. The number of benzene rings is 1. The molecule has 37 heavy (non-hydrogen) atoms. The van der Waals surface area contributed by atoms with Gasteiger partial charge in [-0.2, -0.15) is 0 Å². The van der Waals surface area contributed by atoms with Crippen molar-refractivity contribution in [2.24, 2.45) is 5.92 Å². The van der Waals surface area contributed by atoms with Crippen LogP contribution in [-0.2, 0) is 4.74 Å². The number of pyridine rings is 1. The number of halogens is 2. The Hall–Kier alpha value is -2.83. The molecule has 9 nitrogen and oxygen atoms in total. The van der Waals surface area contributed by atoms with Gasteiger partial charge in [-0.1, -0.05) is 12.1 Å². The number of anilines is 3. The third kappa shape index (κ3) is 5.01. The molecule has 1 saturated heterocycles. The Morgan fingerprint density at radius 1 is 1.11 bits per heavy atom. The van der Waals surface area contributed by atoms with Crippen molar-refractivity contribution in [3.05, 3.63) is 36.4 Å². The number of piperazine rings is 1. The number of fused-ring (bicyclic) bond motifs is 1. The van der Waals surface area contributed by atoms with E-state index >= 15 is 0 Å². The van der Waals surface area contributed by atoms with Crippen molar-refractivity contribution in [2.75, 3.05) is 53.3 Å². The van der Waals surface area contributed by atoms with Gasteiger partial charge < -0.3 is 14.5 Å².